The molecular formula is C29H26FIN8O3. The molecule has 0 bridgehead atoms. The zero-order valence-corrected chi connectivity index (χ0v) is 24.7. The zero-order chi connectivity index (χ0) is 29.2. The number of halogens is 2. The highest BCUT2D eigenvalue weighted by Gasteiger charge is 2.32. The number of methoxy groups -OCH3 is 1. The van der Waals surface area contributed by atoms with Crippen LogP contribution in [0.25, 0.3) is 27.9 Å². The number of alkyl halides is 1. The van der Waals surface area contributed by atoms with Crippen molar-refractivity contribution in [2.24, 2.45) is 5.92 Å². The van der Waals surface area contributed by atoms with Crippen LogP contribution in [0.15, 0.2) is 73.4 Å². The van der Waals surface area contributed by atoms with E-state index < -0.39 is 11.9 Å². The number of nitrogens with zero attached hydrogens (tertiary/aromatic N) is 7. The highest BCUT2D eigenvalue weighted by atomic mass is 127. The van der Waals surface area contributed by atoms with E-state index in [1.54, 1.807) is 30.5 Å². The molecule has 3 heterocycles. The van der Waals surface area contributed by atoms with E-state index in [0.29, 0.717) is 33.0 Å². The van der Waals surface area contributed by atoms with E-state index >= 15 is 4.39 Å². The molecule has 0 saturated heterocycles. The highest BCUT2D eigenvalue weighted by molar-refractivity contribution is 14.1. The van der Waals surface area contributed by atoms with Gasteiger partial charge in [0.05, 0.1) is 24.6 Å². The van der Waals surface area contributed by atoms with E-state index in [1.807, 2.05) is 29.1 Å². The third kappa shape index (κ3) is 5.82. The van der Waals surface area contributed by atoms with Gasteiger partial charge in [-0.2, -0.15) is 14.5 Å². The second-order valence-electron chi connectivity index (χ2n) is 10.1. The van der Waals surface area contributed by atoms with Crippen molar-refractivity contribution in [3.8, 4) is 27.9 Å². The van der Waals surface area contributed by atoms with Gasteiger partial charge in [0.25, 0.3) is 0 Å². The highest BCUT2D eigenvalue weighted by Crippen LogP contribution is 2.39. The lowest BCUT2D eigenvalue weighted by molar-refractivity contribution is -0.615. The van der Waals surface area contributed by atoms with Crippen molar-refractivity contribution in [2.75, 3.05) is 12.4 Å². The van der Waals surface area contributed by atoms with E-state index in [0.717, 1.165) is 40.7 Å². The maximum atomic E-state index is 15.4. The van der Waals surface area contributed by atoms with Crippen LogP contribution in [0.5, 0.6) is 0 Å². The Morgan fingerprint density at radius 2 is 1.98 bits per heavy atom. The summed E-state index contributed by atoms with van der Waals surface area (Å²) in [5.41, 5.74) is 4.82. The summed E-state index contributed by atoms with van der Waals surface area (Å²) in [6, 6.07) is 13.8. The molecule has 214 valence electrons. The Morgan fingerprint density at radius 3 is 2.64 bits per heavy atom. The molecule has 1 unspecified atom stereocenters. The monoisotopic (exact) mass is 680 g/mol. The van der Waals surface area contributed by atoms with Crippen LogP contribution in [0.4, 0.5) is 14.9 Å². The molecule has 6 rings (SSSR count). The van der Waals surface area contributed by atoms with Crippen LogP contribution in [0.2, 0.25) is 0 Å². The minimum Gasteiger partial charge on any atom is -0.618 e. The van der Waals surface area contributed by atoms with Crippen LogP contribution in [0.1, 0.15) is 36.6 Å². The molecule has 11 nitrogen and oxygen atoms in total. The van der Waals surface area contributed by atoms with Crippen LogP contribution < -0.4 is 10.0 Å². The fourth-order valence-corrected chi connectivity index (χ4v) is 5.41. The number of amides is 1. The van der Waals surface area contributed by atoms with Crippen LogP contribution in [0.3, 0.4) is 0 Å². The van der Waals surface area contributed by atoms with Crippen molar-refractivity contribution < 1.29 is 18.7 Å². The maximum absolute atomic E-state index is 15.4. The summed E-state index contributed by atoms with van der Waals surface area (Å²) in [6.45, 7) is 0. The Balaban J connectivity index is 1.33. The van der Waals surface area contributed by atoms with Gasteiger partial charge >= 0.3 is 6.09 Å². The number of nitrogens with one attached hydrogen (secondary N) is 1. The number of carbonyl (C=O) groups excluding carboxylic acids is 1. The maximum Gasteiger partial charge on any atom is 0.411 e. The quantitative estimate of drug-likeness (QED) is 0.0948. The van der Waals surface area contributed by atoms with Crippen LogP contribution in [0, 0.1) is 16.9 Å². The summed E-state index contributed by atoms with van der Waals surface area (Å²) in [4.78, 5) is 11.5. The second-order valence-corrected chi connectivity index (χ2v) is 10.9. The van der Waals surface area contributed by atoms with Gasteiger partial charge in [-0.05, 0) is 64.2 Å². The minimum atomic E-state index is -0.539. The Bertz CT molecular complexity index is 1720. The van der Waals surface area contributed by atoms with Gasteiger partial charge in [-0.25, -0.2) is 9.18 Å². The smallest absolute Gasteiger partial charge is 0.411 e. The minimum absolute atomic E-state index is 0.248. The number of ether oxygens (including phenoxy) is 1. The van der Waals surface area contributed by atoms with Crippen LogP contribution >= 0.6 is 22.6 Å². The number of hydrogen-bond acceptors (Lipinski definition) is 7. The fourth-order valence-electron chi connectivity index (χ4n) is 4.97. The topological polar surface area (TPSA) is 127 Å². The normalized spacial score (nSPS) is 13.6. The number of hydrogen-bond donors (Lipinski definition) is 1. The molecule has 2 aromatic carbocycles. The number of aromatic nitrogens is 7. The lowest BCUT2D eigenvalue weighted by atomic mass is 10.0. The molecule has 13 heteroatoms. The first-order chi connectivity index (χ1) is 20.4. The molecule has 3 aromatic heterocycles. The summed E-state index contributed by atoms with van der Waals surface area (Å²) < 4.78 is 24.7. The Labute approximate surface area is 254 Å². The Hall–Kier alpha value is -4.40. The van der Waals surface area contributed by atoms with Gasteiger partial charge in [0.1, 0.15) is 18.2 Å². The van der Waals surface area contributed by atoms with Crippen LogP contribution in [-0.4, -0.2) is 43.2 Å². The van der Waals surface area contributed by atoms with E-state index in [9.17, 15) is 10.0 Å². The van der Waals surface area contributed by atoms with Crippen molar-refractivity contribution in [3.05, 3.63) is 95.7 Å². The lowest BCUT2D eigenvalue weighted by Crippen LogP contribution is -2.35. The summed E-state index contributed by atoms with van der Waals surface area (Å²) in [5, 5.41) is 32.1. The number of anilines is 1. The number of benzene rings is 2. The van der Waals surface area contributed by atoms with Crippen molar-refractivity contribution in [1.82, 2.24) is 30.0 Å². The van der Waals surface area contributed by atoms with Gasteiger partial charge in [0.15, 0.2) is 6.20 Å². The molecule has 1 atom stereocenters. The SMILES string of the molecule is COC(=O)Nc1ccc(-c2cnn(C(CC3CC3)c3ccc(-c4c(F)cc(CI)cc4-n4cnnn4)c[n+]3[O-])c2)cc1. The number of rotatable bonds is 9. The fraction of sp³-hybridized carbons (Fsp3) is 0.241. The average Bonchev–Trinajstić information content (AvgIpc) is 3.42. The van der Waals surface area contributed by atoms with Gasteiger partial charge in [0, 0.05) is 33.5 Å². The first kappa shape index (κ1) is 27.8. The number of carbonyl (C=O) groups is 1. The molecule has 0 radical (unpaired) electrons. The van der Waals surface area contributed by atoms with Crippen molar-refractivity contribution in [1.29, 1.82) is 0 Å². The molecule has 5 aromatic rings. The molecule has 0 spiro atoms. The number of pyridine rings is 1. The number of tetrazole rings is 1. The Kier molecular flexibility index (Phi) is 7.82. The molecule has 1 aliphatic rings. The second kappa shape index (κ2) is 11.8. The van der Waals surface area contributed by atoms with Gasteiger partial charge in [0.2, 0.25) is 5.69 Å². The molecule has 1 N–H and O–H groups in total. The summed E-state index contributed by atoms with van der Waals surface area (Å²) in [7, 11) is 1.31. The van der Waals surface area contributed by atoms with Crippen molar-refractivity contribution >= 4 is 34.4 Å². The van der Waals surface area contributed by atoms with E-state index in [4.69, 9.17) is 0 Å². The zero-order valence-electron chi connectivity index (χ0n) is 22.5. The predicted octanol–water partition coefficient (Wildman–Crippen LogP) is 5.47. The average molecular weight is 680 g/mol. The molecule has 1 fully saturated rings. The van der Waals surface area contributed by atoms with E-state index in [-0.39, 0.29) is 11.6 Å². The molecule has 1 saturated carbocycles. The van der Waals surface area contributed by atoms with Crippen molar-refractivity contribution in [2.45, 2.75) is 29.7 Å². The van der Waals surface area contributed by atoms with E-state index in [1.165, 1.54) is 30.4 Å². The molecule has 1 aliphatic carbocycles. The first-order valence-electron chi connectivity index (χ1n) is 13.3. The third-order valence-corrected chi connectivity index (χ3v) is 8.16. The van der Waals surface area contributed by atoms with Gasteiger partial charge in [-0.1, -0.05) is 47.6 Å². The standard InChI is InChI=1S/C29H26FIN8O3/c1-42-29(40)34-23-7-4-20(5-8-23)22-14-33-37(15-22)26(11-18-2-3-18)25-9-6-21(16-39(25)41)28-24(30)10-19(13-31)12-27(28)38-17-32-35-36-38/h4-10,12,14-18,26H,2-3,11,13H2,1H3,(H,34,40). The molecular weight excluding hydrogens is 654 g/mol. The largest absolute Gasteiger partial charge is 0.618 e. The molecule has 0 aliphatic heterocycles. The van der Waals surface area contributed by atoms with E-state index in [2.05, 4.69) is 53.3 Å². The predicted molar refractivity (Wildman–Crippen MR) is 160 cm³/mol. The summed E-state index contributed by atoms with van der Waals surface area (Å²) >= 11 is 2.17. The van der Waals surface area contributed by atoms with Crippen molar-refractivity contribution in [3.63, 3.8) is 0 Å². The molecule has 1 amide bonds. The van der Waals surface area contributed by atoms with Gasteiger partial charge in [-0.3, -0.25) is 10.00 Å². The van der Waals surface area contributed by atoms with Gasteiger partial charge < -0.3 is 9.94 Å². The van der Waals surface area contributed by atoms with Crippen LogP contribution in [-0.2, 0) is 9.16 Å². The summed E-state index contributed by atoms with van der Waals surface area (Å²) in [5.74, 6) is 0.0529. The van der Waals surface area contributed by atoms with Gasteiger partial charge in [-0.15, -0.1) is 5.10 Å². The lowest BCUT2D eigenvalue weighted by Gasteiger charge is -2.18. The Morgan fingerprint density at radius 1 is 1.19 bits per heavy atom. The third-order valence-electron chi connectivity index (χ3n) is 7.28. The first-order valence-corrected chi connectivity index (χ1v) is 14.8. The summed E-state index contributed by atoms with van der Waals surface area (Å²) in [6.07, 6.45) is 8.93. The molecule has 42 heavy (non-hydrogen) atoms.